The summed E-state index contributed by atoms with van der Waals surface area (Å²) in [6.45, 7) is 2.92. The second kappa shape index (κ2) is 3.46. The smallest absolute Gasteiger partial charge is 0.0757 e. The van der Waals surface area contributed by atoms with Gasteiger partial charge in [-0.1, -0.05) is 11.6 Å². The summed E-state index contributed by atoms with van der Waals surface area (Å²) in [6, 6.07) is 0.142. The normalized spacial score (nSPS) is 19.8. The van der Waals surface area contributed by atoms with Crippen molar-refractivity contribution in [2.75, 3.05) is 0 Å². The minimum atomic E-state index is 0.142. The van der Waals surface area contributed by atoms with Crippen molar-refractivity contribution in [3.8, 4) is 0 Å². The lowest BCUT2D eigenvalue weighted by atomic mass is 9.79. The molecule has 4 nitrogen and oxygen atoms in total. The van der Waals surface area contributed by atoms with Gasteiger partial charge in [0.05, 0.1) is 17.9 Å². The Balaban J connectivity index is 2.13. The SMILES string of the molecule is CCn1nncc1C(N)C1CCC1. The van der Waals surface area contributed by atoms with Gasteiger partial charge in [0.1, 0.15) is 0 Å². The first kappa shape index (κ1) is 8.69. The molecule has 0 aliphatic heterocycles. The Morgan fingerprint density at radius 2 is 2.46 bits per heavy atom. The maximum atomic E-state index is 6.12. The highest BCUT2D eigenvalue weighted by atomic mass is 15.4. The Hall–Kier alpha value is -0.900. The molecule has 13 heavy (non-hydrogen) atoms. The number of nitrogens with zero attached hydrogens (tertiary/aromatic N) is 3. The van der Waals surface area contributed by atoms with Crippen molar-refractivity contribution in [1.82, 2.24) is 15.0 Å². The second-order valence-electron chi connectivity index (χ2n) is 3.69. The molecule has 1 aliphatic rings. The first-order chi connectivity index (χ1) is 6.33. The minimum Gasteiger partial charge on any atom is -0.322 e. The van der Waals surface area contributed by atoms with E-state index >= 15 is 0 Å². The molecule has 1 atom stereocenters. The van der Waals surface area contributed by atoms with Crippen molar-refractivity contribution in [1.29, 1.82) is 0 Å². The molecule has 1 aromatic rings. The van der Waals surface area contributed by atoms with E-state index < -0.39 is 0 Å². The second-order valence-corrected chi connectivity index (χ2v) is 3.69. The third-order valence-corrected chi connectivity index (χ3v) is 2.95. The maximum Gasteiger partial charge on any atom is 0.0757 e. The van der Waals surface area contributed by atoms with Crippen LogP contribution in [0.3, 0.4) is 0 Å². The standard InChI is InChI=1S/C9H16N4/c1-2-13-8(6-11-12-13)9(10)7-4-3-5-7/h6-7,9H,2-5,10H2,1H3. The predicted molar refractivity (Wildman–Crippen MR) is 50.0 cm³/mol. The zero-order chi connectivity index (χ0) is 9.26. The highest BCUT2D eigenvalue weighted by molar-refractivity contribution is 5.04. The van der Waals surface area contributed by atoms with Crippen LogP contribution in [0.4, 0.5) is 0 Å². The summed E-state index contributed by atoms with van der Waals surface area (Å²) in [5, 5.41) is 7.87. The predicted octanol–water partition coefficient (Wildman–Crippen LogP) is 1.10. The van der Waals surface area contributed by atoms with E-state index in [0.29, 0.717) is 5.92 Å². The number of hydrogen-bond donors (Lipinski definition) is 1. The minimum absolute atomic E-state index is 0.142. The van der Waals surface area contributed by atoms with Gasteiger partial charge in [-0.3, -0.25) is 0 Å². The zero-order valence-corrected chi connectivity index (χ0v) is 7.98. The van der Waals surface area contributed by atoms with Gasteiger partial charge in [-0.05, 0) is 25.7 Å². The Bertz CT molecular complexity index is 277. The fourth-order valence-corrected chi connectivity index (χ4v) is 1.81. The van der Waals surface area contributed by atoms with Crippen LogP contribution < -0.4 is 5.73 Å². The Morgan fingerprint density at radius 3 is 3.00 bits per heavy atom. The first-order valence-corrected chi connectivity index (χ1v) is 4.97. The summed E-state index contributed by atoms with van der Waals surface area (Å²) < 4.78 is 1.89. The van der Waals surface area contributed by atoms with Crippen LogP contribution >= 0.6 is 0 Å². The number of nitrogens with two attached hydrogens (primary N) is 1. The topological polar surface area (TPSA) is 56.7 Å². The molecule has 1 aromatic heterocycles. The molecule has 0 aromatic carbocycles. The molecule has 0 amide bonds. The van der Waals surface area contributed by atoms with Gasteiger partial charge in [0, 0.05) is 6.54 Å². The quantitative estimate of drug-likeness (QED) is 0.757. The zero-order valence-electron chi connectivity index (χ0n) is 7.98. The van der Waals surface area contributed by atoms with Crippen LogP contribution in [-0.2, 0) is 6.54 Å². The lowest BCUT2D eigenvalue weighted by Gasteiger charge is -2.30. The molecule has 0 spiro atoms. The van der Waals surface area contributed by atoms with E-state index in [-0.39, 0.29) is 6.04 Å². The van der Waals surface area contributed by atoms with Gasteiger partial charge in [0.25, 0.3) is 0 Å². The lowest BCUT2D eigenvalue weighted by molar-refractivity contribution is 0.255. The van der Waals surface area contributed by atoms with Gasteiger partial charge in [-0.15, -0.1) is 5.10 Å². The van der Waals surface area contributed by atoms with E-state index in [4.69, 9.17) is 5.73 Å². The average Bonchev–Trinajstić information content (AvgIpc) is 2.47. The van der Waals surface area contributed by atoms with Crippen LogP contribution in [-0.4, -0.2) is 15.0 Å². The van der Waals surface area contributed by atoms with Crippen molar-refractivity contribution in [3.05, 3.63) is 11.9 Å². The molecule has 0 saturated heterocycles. The van der Waals surface area contributed by atoms with Crippen molar-refractivity contribution in [2.45, 2.75) is 38.8 Å². The molecule has 2 rings (SSSR count). The Morgan fingerprint density at radius 1 is 1.69 bits per heavy atom. The van der Waals surface area contributed by atoms with Crippen LogP contribution in [0.5, 0.6) is 0 Å². The van der Waals surface area contributed by atoms with E-state index in [2.05, 4.69) is 17.2 Å². The van der Waals surface area contributed by atoms with Crippen LogP contribution in [0, 0.1) is 5.92 Å². The van der Waals surface area contributed by atoms with Crippen LogP contribution in [0.1, 0.15) is 37.9 Å². The monoisotopic (exact) mass is 180 g/mol. The summed E-state index contributed by atoms with van der Waals surface area (Å²) in [5.41, 5.74) is 7.21. The lowest BCUT2D eigenvalue weighted by Crippen LogP contribution is -2.28. The number of hydrogen-bond acceptors (Lipinski definition) is 3. The molecular weight excluding hydrogens is 164 g/mol. The van der Waals surface area contributed by atoms with Crippen molar-refractivity contribution < 1.29 is 0 Å². The Kier molecular flexibility index (Phi) is 2.31. The van der Waals surface area contributed by atoms with Gasteiger partial charge in [0.15, 0.2) is 0 Å². The third kappa shape index (κ3) is 1.46. The van der Waals surface area contributed by atoms with Crippen molar-refractivity contribution in [3.63, 3.8) is 0 Å². The summed E-state index contributed by atoms with van der Waals surface area (Å²) in [6.07, 6.45) is 5.64. The molecule has 0 bridgehead atoms. The van der Waals surface area contributed by atoms with Crippen LogP contribution in [0.25, 0.3) is 0 Å². The van der Waals surface area contributed by atoms with Crippen molar-refractivity contribution >= 4 is 0 Å². The van der Waals surface area contributed by atoms with E-state index in [0.717, 1.165) is 12.2 Å². The first-order valence-electron chi connectivity index (χ1n) is 4.97. The molecule has 0 radical (unpaired) electrons. The molecule has 1 unspecified atom stereocenters. The number of rotatable bonds is 3. The molecule has 1 aliphatic carbocycles. The van der Waals surface area contributed by atoms with Gasteiger partial charge in [-0.2, -0.15) is 0 Å². The van der Waals surface area contributed by atoms with Gasteiger partial charge in [0.2, 0.25) is 0 Å². The van der Waals surface area contributed by atoms with E-state index in [1.807, 2.05) is 4.68 Å². The summed E-state index contributed by atoms with van der Waals surface area (Å²) in [5.74, 6) is 0.656. The number of aryl methyl sites for hydroxylation is 1. The third-order valence-electron chi connectivity index (χ3n) is 2.95. The van der Waals surface area contributed by atoms with Crippen molar-refractivity contribution in [2.24, 2.45) is 11.7 Å². The average molecular weight is 180 g/mol. The summed E-state index contributed by atoms with van der Waals surface area (Å²) in [4.78, 5) is 0. The summed E-state index contributed by atoms with van der Waals surface area (Å²) >= 11 is 0. The van der Waals surface area contributed by atoms with Gasteiger partial charge < -0.3 is 5.73 Å². The van der Waals surface area contributed by atoms with Gasteiger partial charge in [-0.25, -0.2) is 4.68 Å². The molecule has 1 heterocycles. The molecule has 1 fully saturated rings. The van der Waals surface area contributed by atoms with Crippen LogP contribution in [0.15, 0.2) is 6.20 Å². The fraction of sp³-hybridized carbons (Fsp3) is 0.778. The summed E-state index contributed by atoms with van der Waals surface area (Å²) in [7, 11) is 0. The van der Waals surface area contributed by atoms with Crippen LogP contribution in [0.2, 0.25) is 0 Å². The molecule has 2 N–H and O–H groups in total. The highest BCUT2D eigenvalue weighted by Crippen LogP contribution is 2.35. The largest absolute Gasteiger partial charge is 0.322 e. The van der Waals surface area contributed by atoms with E-state index in [9.17, 15) is 0 Å². The number of aromatic nitrogens is 3. The van der Waals surface area contributed by atoms with E-state index in [1.54, 1.807) is 6.20 Å². The fourth-order valence-electron chi connectivity index (χ4n) is 1.81. The molecular formula is C9H16N4. The molecule has 1 saturated carbocycles. The maximum absolute atomic E-state index is 6.12. The van der Waals surface area contributed by atoms with E-state index in [1.165, 1.54) is 19.3 Å². The molecule has 4 heteroatoms. The molecule has 72 valence electrons. The Labute approximate surface area is 78.1 Å². The van der Waals surface area contributed by atoms with Gasteiger partial charge >= 0.3 is 0 Å². The highest BCUT2D eigenvalue weighted by Gasteiger charge is 2.27.